The zero-order chi connectivity index (χ0) is 14.8. The predicted molar refractivity (Wildman–Crippen MR) is 85.6 cm³/mol. The first-order valence-electron chi connectivity index (χ1n) is 7.88. The number of nitrogens with two attached hydrogens (primary N) is 1. The Bertz CT molecular complexity index is 375. The third-order valence-electron chi connectivity index (χ3n) is 5.12. The summed E-state index contributed by atoms with van der Waals surface area (Å²) >= 11 is 5.23. The highest BCUT2D eigenvalue weighted by Gasteiger charge is 2.47. The van der Waals surface area contributed by atoms with E-state index in [4.69, 9.17) is 18.0 Å². The largest absolute Gasteiger partial charge is 0.392 e. The number of carbonyl (C=O) groups excluding carboxylic acids is 1. The maximum atomic E-state index is 12.9. The van der Waals surface area contributed by atoms with Gasteiger partial charge in [0.2, 0.25) is 5.91 Å². The third kappa shape index (κ3) is 2.70. The number of thiocarbonyl (C=S) groups is 1. The quantitative estimate of drug-likeness (QED) is 0.786. The molecule has 5 heteroatoms. The first-order valence-corrected chi connectivity index (χ1v) is 8.29. The van der Waals surface area contributed by atoms with E-state index in [2.05, 4.69) is 18.7 Å². The zero-order valence-electron chi connectivity index (χ0n) is 12.7. The number of likely N-dealkylation sites (tertiary alicyclic amines) is 1. The van der Waals surface area contributed by atoms with Crippen LogP contribution in [0.3, 0.4) is 0 Å². The number of carbonyl (C=O) groups is 1. The second kappa shape index (κ2) is 6.39. The lowest BCUT2D eigenvalue weighted by Crippen LogP contribution is -2.49. The van der Waals surface area contributed by atoms with Crippen molar-refractivity contribution < 1.29 is 4.79 Å². The van der Waals surface area contributed by atoms with Gasteiger partial charge in [-0.1, -0.05) is 38.9 Å². The van der Waals surface area contributed by atoms with Gasteiger partial charge in [0.25, 0.3) is 0 Å². The van der Waals surface area contributed by atoms with Gasteiger partial charge in [-0.05, 0) is 32.4 Å². The number of hydrogen-bond acceptors (Lipinski definition) is 3. The van der Waals surface area contributed by atoms with Crippen molar-refractivity contribution in [2.75, 3.05) is 26.2 Å². The van der Waals surface area contributed by atoms with Crippen LogP contribution in [-0.2, 0) is 4.79 Å². The molecule has 114 valence electrons. The van der Waals surface area contributed by atoms with E-state index in [0.717, 1.165) is 58.3 Å². The fourth-order valence-electron chi connectivity index (χ4n) is 3.81. The second-order valence-electron chi connectivity index (χ2n) is 6.07. The van der Waals surface area contributed by atoms with Crippen LogP contribution < -0.4 is 5.73 Å². The smallest absolute Gasteiger partial charge is 0.235 e. The highest BCUT2D eigenvalue weighted by molar-refractivity contribution is 7.80. The molecule has 0 spiro atoms. The third-order valence-corrected chi connectivity index (χ3v) is 5.51. The molecule has 2 fully saturated rings. The van der Waals surface area contributed by atoms with Gasteiger partial charge in [0.1, 0.15) is 0 Å². The van der Waals surface area contributed by atoms with Crippen molar-refractivity contribution in [3.05, 3.63) is 0 Å². The fourth-order valence-corrected chi connectivity index (χ4v) is 4.10. The van der Waals surface area contributed by atoms with Crippen molar-refractivity contribution in [2.24, 2.45) is 11.1 Å². The predicted octanol–water partition coefficient (Wildman–Crippen LogP) is 1.78. The highest BCUT2D eigenvalue weighted by atomic mass is 32.1. The number of amides is 1. The minimum atomic E-state index is -0.534. The lowest BCUT2D eigenvalue weighted by Gasteiger charge is -2.32. The summed E-state index contributed by atoms with van der Waals surface area (Å²) < 4.78 is 0. The molecule has 1 saturated heterocycles. The SMILES string of the molecule is CCN(CC)C1CCN(C(=O)C2(C(N)=S)CCCC2)C1. The van der Waals surface area contributed by atoms with E-state index in [1.54, 1.807) is 0 Å². The molecule has 1 saturated carbocycles. The molecule has 1 atom stereocenters. The van der Waals surface area contributed by atoms with E-state index in [1.165, 1.54) is 0 Å². The van der Waals surface area contributed by atoms with Gasteiger partial charge in [0, 0.05) is 19.1 Å². The van der Waals surface area contributed by atoms with Gasteiger partial charge < -0.3 is 10.6 Å². The molecule has 1 aliphatic heterocycles. The monoisotopic (exact) mass is 297 g/mol. The fraction of sp³-hybridized carbons (Fsp3) is 0.867. The molecule has 1 unspecified atom stereocenters. The van der Waals surface area contributed by atoms with E-state index in [1.807, 2.05) is 4.90 Å². The van der Waals surface area contributed by atoms with Crippen LogP contribution >= 0.6 is 12.2 Å². The summed E-state index contributed by atoms with van der Waals surface area (Å²) in [7, 11) is 0. The maximum absolute atomic E-state index is 12.9. The Morgan fingerprint density at radius 2 is 1.95 bits per heavy atom. The van der Waals surface area contributed by atoms with E-state index in [-0.39, 0.29) is 5.91 Å². The van der Waals surface area contributed by atoms with Crippen molar-refractivity contribution in [3.63, 3.8) is 0 Å². The topological polar surface area (TPSA) is 49.6 Å². The molecule has 2 N–H and O–H groups in total. The molecule has 2 rings (SSSR count). The standard InChI is InChI=1S/C15H27N3OS/c1-3-17(4-2)12-7-10-18(11-12)14(19)15(13(16)20)8-5-6-9-15/h12H,3-11H2,1-2H3,(H2,16,20). The summed E-state index contributed by atoms with van der Waals surface area (Å²) in [6, 6.07) is 0.499. The number of rotatable bonds is 5. The van der Waals surface area contributed by atoms with Gasteiger partial charge >= 0.3 is 0 Å². The Labute approximate surface area is 127 Å². The van der Waals surface area contributed by atoms with Gasteiger partial charge in [-0.15, -0.1) is 0 Å². The number of nitrogens with zero attached hydrogens (tertiary/aromatic N) is 2. The van der Waals surface area contributed by atoms with Crippen LogP contribution in [0.5, 0.6) is 0 Å². The summed E-state index contributed by atoms with van der Waals surface area (Å²) in [5.74, 6) is 0.192. The van der Waals surface area contributed by atoms with Gasteiger partial charge in [-0.3, -0.25) is 9.69 Å². The van der Waals surface area contributed by atoms with Crippen LogP contribution in [0, 0.1) is 5.41 Å². The van der Waals surface area contributed by atoms with Crippen LogP contribution in [-0.4, -0.2) is 52.9 Å². The molecule has 1 aliphatic carbocycles. The van der Waals surface area contributed by atoms with Crippen LogP contribution in [0.1, 0.15) is 46.0 Å². The summed E-state index contributed by atoms with van der Waals surface area (Å²) in [5.41, 5.74) is 5.39. The van der Waals surface area contributed by atoms with Gasteiger partial charge in [0.15, 0.2) is 0 Å². The Kier molecular flexibility index (Phi) is 5.02. The highest BCUT2D eigenvalue weighted by Crippen LogP contribution is 2.41. The van der Waals surface area contributed by atoms with Crippen molar-refractivity contribution >= 4 is 23.1 Å². The molecular formula is C15H27N3OS. The van der Waals surface area contributed by atoms with Crippen LogP contribution in [0.15, 0.2) is 0 Å². The van der Waals surface area contributed by atoms with Crippen LogP contribution in [0.4, 0.5) is 0 Å². The van der Waals surface area contributed by atoms with Crippen LogP contribution in [0.2, 0.25) is 0 Å². The lowest BCUT2D eigenvalue weighted by molar-refractivity contribution is -0.137. The lowest BCUT2D eigenvalue weighted by atomic mass is 9.84. The Morgan fingerprint density at radius 1 is 1.35 bits per heavy atom. The first kappa shape index (κ1) is 15.7. The summed E-state index contributed by atoms with van der Waals surface area (Å²) in [6.07, 6.45) is 4.88. The van der Waals surface area contributed by atoms with Crippen LogP contribution in [0.25, 0.3) is 0 Å². The molecular weight excluding hydrogens is 270 g/mol. The van der Waals surface area contributed by atoms with E-state index >= 15 is 0 Å². The molecule has 4 nitrogen and oxygen atoms in total. The van der Waals surface area contributed by atoms with Gasteiger partial charge in [-0.25, -0.2) is 0 Å². The van der Waals surface area contributed by atoms with Gasteiger partial charge in [0.05, 0.1) is 10.4 Å². The van der Waals surface area contributed by atoms with Crippen molar-refractivity contribution in [3.8, 4) is 0 Å². The van der Waals surface area contributed by atoms with E-state index < -0.39 is 5.41 Å². The second-order valence-corrected chi connectivity index (χ2v) is 6.51. The van der Waals surface area contributed by atoms with E-state index in [9.17, 15) is 4.79 Å². The molecule has 1 heterocycles. The normalized spacial score (nSPS) is 25.4. The summed E-state index contributed by atoms with van der Waals surface area (Å²) in [4.78, 5) is 17.8. The molecule has 1 amide bonds. The average molecular weight is 297 g/mol. The Morgan fingerprint density at radius 3 is 2.45 bits per heavy atom. The average Bonchev–Trinajstić information content (AvgIpc) is 3.09. The molecule has 0 radical (unpaired) electrons. The number of likely N-dealkylation sites (N-methyl/N-ethyl adjacent to an activating group) is 1. The minimum absolute atomic E-state index is 0.192. The Balaban J connectivity index is 2.05. The molecule has 0 aromatic rings. The molecule has 20 heavy (non-hydrogen) atoms. The first-order chi connectivity index (χ1) is 9.55. The summed E-state index contributed by atoms with van der Waals surface area (Å²) in [6.45, 7) is 8.14. The van der Waals surface area contributed by atoms with Crippen molar-refractivity contribution in [2.45, 2.75) is 52.0 Å². The van der Waals surface area contributed by atoms with Crippen molar-refractivity contribution in [1.29, 1.82) is 0 Å². The van der Waals surface area contributed by atoms with Crippen molar-refractivity contribution in [1.82, 2.24) is 9.80 Å². The molecule has 0 aromatic heterocycles. The molecule has 2 aliphatic rings. The molecule has 0 bridgehead atoms. The Hall–Kier alpha value is -0.680. The zero-order valence-corrected chi connectivity index (χ0v) is 13.5. The summed E-state index contributed by atoms with van der Waals surface area (Å²) in [5, 5.41) is 0. The minimum Gasteiger partial charge on any atom is -0.392 e. The van der Waals surface area contributed by atoms with E-state index in [0.29, 0.717) is 11.0 Å². The molecule has 0 aromatic carbocycles. The van der Waals surface area contributed by atoms with Gasteiger partial charge in [-0.2, -0.15) is 0 Å². The number of hydrogen-bond donors (Lipinski definition) is 1. The maximum Gasteiger partial charge on any atom is 0.235 e.